The molecule has 0 saturated carbocycles. The van der Waals surface area contributed by atoms with Gasteiger partial charge in [0.25, 0.3) is 5.69 Å². The van der Waals surface area contributed by atoms with Gasteiger partial charge < -0.3 is 5.32 Å². The Morgan fingerprint density at radius 1 is 1.40 bits per heavy atom. The fraction of sp³-hybridized carbons (Fsp3) is 0.154. The topological polar surface area (TPSA) is 68.1 Å². The Kier molecular flexibility index (Phi) is 4.14. The molecule has 0 fully saturated rings. The molecular formula is C13H11ClFN3O2. The average molecular weight is 296 g/mol. The summed E-state index contributed by atoms with van der Waals surface area (Å²) in [5.41, 5.74) is 1.000. The van der Waals surface area contributed by atoms with Crippen LogP contribution in [0, 0.1) is 15.9 Å². The molecule has 7 heteroatoms. The molecule has 0 bridgehead atoms. The highest BCUT2D eigenvalue weighted by Crippen LogP contribution is 2.29. The Morgan fingerprint density at radius 3 is 2.75 bits per heavy atom. The highest BCUT2D eigenvalue weighted by atomic mass is 35.5. The Labute approximate surface area is 119 Å². The Hall–Kier alpha value is -2.21. The molecule has 1 atom stereocenters. The number of hydrogen-bond acceptors (Lipinski definition) is 4. The Balaban J connectivity index is 2.19. The molecule has 0 saturated heterocycles. The van der Waals surface area contributed by atoms with E-state index in [-0.39, 0.29) is 16.8 Å². The van der Waals surface area contributed by atoms with Gasteiger partial charge in [0.1, 0.15) is 10.8 Å². The Bertz CT molecular complexity index is 634. The number of nitrogens with one attached hydrogen (secondary N) is 1. The van der Waals surface area contributed by atoms with E-state index in [4.69, 9.17) is 11.6 Å². The van der Waals surface area contributed by atoms with Crippen LogP contribution in [-0.4, -0.2) is 9.91 Å². The van der Waals surface area contributed by atoms with Crippen molar-refractivity contribution >= 4 is 23.0 Å². The first kappa shape index (κ1) is 14.2. The summed E-state index contributed by atoms with van der Waals surface area (Å²) in [4.78, 5) is 14.2. The zero-order valence-corrected chi connectivity index (χ0v) is 11.3. The molecule has 1 heterocycles. The highest BCUT2D eigenvalue weighted by Gasteiger charge is 2.14. The van der Waals surface area contributed by atoms with Crippen LogP contribution in [0.25, 0.3) is 0 Å². The van der Waals surface area contributed by atoms with Crippen LogP contribution in [0.5, 0.6) is 0 Å². The third kappa shape index (κ3) is 3.21. The van der Waals surface area contributed by atoms with Crippen molar-refractivity contribution in [3.05, 3.63) is 63.2 Å². The molecular weight excluding hydrogens is 285 g/mol. The van der Waals surface area contributed by atoms with Crippen LogP contribution >= 0.6 is 11.6 Å². The van der Waals surface area contributed by atoms with Gasteiger partial charge >= 0.3 is 0 Å². The zero-order chi connectivity index (χ0) is 14.7. The minimum absolute atomic E-state index is 0.0770. The number of nitro benzene ring substituents is 1. The van der Waals surface area contributed by atoms with E-state index in [1.807, 2.05) is 6.92 Å². The summed E-state index contributed by atoms with van der Waals surface area (Å²) in [6.07, 6.45) is 1.12. The van der Waals surface area contributed by atoms with E-state index < -0.39 is 10.7 Å². The quantitative estimate of drug-likeness (QED) is 0.685. The summed E-state index contributed by atoms with van der Waals surface area (Å²) in [6.45, 7) is 1.82. The first-order valence-electron chi connectivity index (χ1n) is 5.79. The molecule has 2 aromatic rings. The van der Waals surface area contributed by atoms with Crippen molar-refractivity contribution in [1.82, 2.24) is 4.98 Å². The van der Waals surface area contributed by atoms with E-state index in [9.17, 15) is 14.5 Å². The van der Waals surface area contributed by atoms with E-state index in [2.05, 4.69) is 10.3 Å². The fourth-order valence-electron chi connectivity index (χ4n) is 1.71. The molecule has 1 aromatic heterocycles. The summed E-state index contributed by atoms with van der Waals surface area (Å²) in [5.74, 6) is -0.414. The van der Waals surface area contributed by atoms with Crippen molar-refractivity contribution in [2.24, 2.45) is 0 Å². The average Bonchev–Trinajstić information content (AvgIpc) is 2.41. The van der Waals surface area contributed by atoms with Gasteiger partial charge in [-0.15, -0.1) is 0 Å². The predicted molar refractivity (Wildman–Crippen MR) is 74.3 cm³/mol. The van der Waals surface area contributed by atoms with E-state index >= 15 is 0 Å². The second-order valence-electron chi connectivity index (χ2n) is 4.19. The number of nitro groups is 1. The van der Waals surface area contributed by atoms with E-state index in [1.54, 1.807) is 12.1 Å². The number of benzene rings is 1. The smallest absolute Gasteiger partial charge is 0.289 e. The standard InChI is InChI=1S/C13H11ClFN3O2/c1-8(12-5-2-9(15)7-16-12)17-10-3-4-11(14)13(6-10)18(19)20/h2-8,17H,1H3. The van der Waals surface area contributed by atoms with Crippen molar-refractivity contribution in [3.8, 4) is 0 Å². The summed E-state index contributed by atoms with van der Waals surface area (Å²) in [5, 5.41) is 13.9. The lowest BCUT2D eigenvalue weighted by molar-refractivity contribution is -0.384. The van der Waals surface area contributed by atoms with Gasteiger partial charge in [-0.2, -0.15) is 0 Å². The molecule has 0 radical (unpaired) electrons. The molecule has 0 amide bonds. The number of rotatable bonds is 4. The number of pyridine rings is 1. The minimum Gasteiger partial charge on any atom is -0.377 e. The van der Waals surface area contributed by atoms with Gasteiger partial charge in [-0.05, 0) is 31.2 Å². The van der Waals surface area contributed by atoms with Crippen LogP contribution in [0.15, 0.2) is 36.5 Å². The molecule has 1 aromatic carbocycles. The van der Waals surface area contributed by atoms with Crippen LogP contribution in [0.2, 0.25) is 5.02 Å². The van der Waals surface area contributed by atoms with Crippen molar-refractivity contribution < 1.29 is 9.31 Å². The lowest BCUT2D eigenvalue weighted by atomic mass is 10.2. The molecule has 5 nitrogen and oxygen atoms in total. The van der Waals surface area contributed by atoms with Crippen LogP contribution < -0.4 is 5.32 Å². The van der Waals surface area contributed by atoms with Crippen LogP contribution in [0.3, 0.4) is 0 Å². The monoisotopic (exact) mass is 295 g/mol. The fourth-order valence-corrected chi connectivity index (χ4v) is 1.90. The van der Waals surface area contributed by atoms with E-state index in [1.165, 1.54) is 18.2 Å². The molecule has 0 spiro atoms. The normalized spacial score (nSPS) is 11.9. The Morgan fingerprint density at radius 2 is 2.15 bits per heavy atom. The van der Waals surface area contributed by atoms with Gasteiger partial charge in [0.2, 0.25) is 0 Å². The summed E-state index contributed by atoms with van der Waals surface area (Å²) >= 11 is 5.74. The van der Waals surface area contributed by atoms with Crippen molar-refractivity contribution in [2.75, 3.05) is 5.32 Å². The molecule has 104 valence electrons. The van der Waals surface area contributed by atoms with Gasteiger partial charge in [-0.1, -0.05) is 11.6 Å². The maximum absolute atomic E-state index is 12.8. The zero-order valence-electron chi connectivity index (χ0n) is 10.5. The summed E-state index contributed by atoms with van der Waals surface area (Å²) in [7, 11) is 0. The van der Waals surface area contributed by atoms with Crippen LogP contribution in [0.1, 0.15) is 18.7 Å². The summed E-state index contributed by atoms with van der Waals surface area (Å²) < 4.78 is 12.8. The van der Waals surface area contributed by atoms with Crippen molar-refractivity contribution in [2.45, 2.75) is 13.0 Å². The molecule has 0 aliphatic heterocycles. The van der Waals surface area contributed by atoms with Gasteiger partial charge in [-0.25, -0.2) is 4.39 Å². The SMILES string of the molecule is CC(Nc1ccc(Cl)c([N+](=O)[O-])c1)c1ccc(F)cn1. The molecule has 0 aliphatic rings. The number of halogens is 2. The van der Waals surface area contributed by atoms with Crippen LogP contribution in [0.4, 0.5) is 15.8 Å². The molecule has 1 unspecified atom stereocenters. The second-order valence-corrected chi connectivity index (χ2v) is 4.60. The maximum atomic E-state index is 12.8. The highest BCUT2D eigenvalue weighted by molar-refractivity contribution is 6.32. The first-order chi connectivity index (χ1) is 9.47. The van der Waals surface area contributed by atoms with Crippen molar-refractivity contribution in [1.29, 1.82) is 0 Å². The maximum Gasteiger partial charge on any atom is 0.289 e. The van der Waals surface area contributed by atoms with Gasteiger partial charge in [-0.3, -0.25) is 15.1 Å². The number of anilines is 1. The lowest BCUT2D eigenvalue weighted by Gasteiger charge is -2.14. The van der Waals surface area contributed by atoms with E-state index in [0.717, 1.165) is 6.20 Å². The molecule has 2 rings (SSSR count). The molecule has 1 N–H and O–H groups in total. The third-order valence-corrected chi connectivity index (χ3v) is 3.04. The van der Waals surface area contributed by atoms with Gasteiger partial charge in [0, 0.05) is 11.8 Å². The molecule has 0 aliphatic carbocycles. The molecule has 20 heavy (non-hydrogen) atoms. The van der Waals surface area contributed by atoms with Gasteiger partial charge in [0.05, 0.1) is 22.9 Å². The summed E-state index contributed by atoms with van der Waals surface area (Å²) in [6, 6.07) is 7.07. The van der Waals surface area contributed by atoms with E-state index in [0.29, 0.717) is 11.4 Å². The second kappa shape index (κ2) is 5.83. The number of aromatic nitrogens is 1. The number of hydrogen-bond donors (Lipinski definition) is 1. The lowest BCUT2D eigenvalue weighted by Crippen LogP contribution is -2.08. The first-order valence-corrected chi connectivity index (χ1v) is 6.17. The predicted octanol–water partition coefficient (Wildman–Crippen LogP) is 3.96. The third-order valence-electron chi connectivity index (χ3n) is 2.72. The largest absolute Gasteiger partial charge is 0.377 e. The van der Waals surface area contributed by atoms with Crippen LogP contribution in [-0.2, 0) is 0 Å². The minimum atomic E-state index is -0.547. The van der Waals surface area contributed by atoms with Gasteiger partial charge in [0.15, 0.2) is 0 Å². The number of nitrogens with zero attached hydrogens (tertiary/aromatic N) is 2. The van der Waals surface area contributed by atoms with Crippen molar-refractivity contribution in [3.63, 3.8) is 0 Å².